The summed E-state index contributed by atoms with van der Waals surface area (Å²) in [6, 6.07) is 3.45. The maximum Gasteiger partial charge on any atom is 0.313 e. The number of hydrogen-bond donors (Lipinski definition) is 1. The zero-order valence-corrected chi connectivity index (χ0v) is 10.6. The fraction of sp³-hybridized carbons (Fsp3) is 0.250. The minimum atomic E-state index is -0.485. The van der Waals surface area contributed by atoms with Crippen LogP contribution in [-0.2, 0) is 0 Å². The third-order valence-corrected chi connectivity index (χ3v) is 2.47. The quantitative estimate of drug-likeness (QED) is 0.668. The van der Waals surface area contributed by atoms with Crippen LogP contribution in [0.5, 0.6) is 0 Å². The second-order valence-corrected chi connectivity index (χ2v) is 3.90. The minimum absolute atomic E-state index is 0.118. The summed E-state index contributed by atoms with van der Waals surface area (Å²) in [4.78, 5) is 22.7. The van der Waals surface area contributed by atoms with E-state index in [1.54, 1.807) is 18.3 Å². The molecule has 0 fully saturated rings. The van der Waals surface area contributed by atoms with E-state index in [9.17, 15) is 10.1 Å². The molecule has 0 bridgehead atoms. The molecule has 2 aromatic rings. The first-order valence-electron chi connectivity index (χ1n) is 5.80. The van der Waals surface area contributed by atoms with Crippen molar-refractivity contribution in [2.45, 2.75) is 13.8 Å². The number of nitrogens with one attached hydrogen (secondary N) is 1. The average Bonchev–Trinajstić information content (AvgIpc) is 2.39. The van der Waals surface area contributed by atoms with Gasteiger partial charge in [-0.2, -0.15) is 0 Å². The third-order valence-electron chi connectivity index (χ3n) is 2.47. The molecule has 2 heterocycles. The van der Waals surface area contributed by atoms with Gasteiger partial charge in [0, 0.05) is 24.0 Å². The molecule has 98 valence electrons. The van der Waals surface area contributed by atoms with Crippen molar-refractivity contribution in [2.75, 3.05) is 11.9 Å². The summed E-state index contributed by atoms with van der Waals surface area (Å²) in [5, 5.41) is 14.0. The molecule has 19 heavy (non-hydrogen) atoms. The number of nitrogens with zero attached hydrogens (tertiary/aromatic N) is 4. The molecule has 0 radical (unpaired) electrons. The summed E-state index contributed by atoms with van der Waals surface area (Å²) in [5.74, 6) is 0.373. The van der Waals surface area contributed by atoms with Gasteiger partial charge in [-0.1, -0.05) is 0 Å². The standard InChI is InChI=1S/C12H13N5O2/c1-3-13-12-15-7-10(17(18)19)11(16-12)9-4-5-14-8(2)6-9/h4-7H,3H2,1-2H3,(H,13,15,16). The van der Waals surface area contributed by atoms with Crippen LogP contribution in [0.2, 0.25) is 0 Å². The first-order valence-corrected chi connectivity index (χ1v) is 5.80. The first kappa shape index (κ1) is 12.9. The van der Waals surface area contributed by atoms with Crippen LogP contribution in [0.1, 0.15) is 12.6 Å². The van der Waals surface area contributed by atoms with Crippen LogP contribution in [0, 0.1) is 17.0 Å². The topological polar surface area (TPSA) is 93.8 Å². The number of aryl methyl sites for hydroxylation is 1. The molecule has 0 aliphatic rings. The van der Waals surface area contributed by atoms with Gasteiger partial charge < -0.3 is 5.32 Å². The van der Waals surface area contributed by atoms with Gasteiger partial charge in [0.2, 0.25) is 5.95 Å². The Morgan fingerprint density at radius 3 is 2.84 bits per heavy atom. The number of rotatable bonds is 4. The Morgan fingerprint density at radius 1 is 1.42 bits per heavy atom. The molecule has 0 atom stereocenters. The highest BCUT2D eigenvalue weighted by Gasteiger charge is 2.18. The molecule has 0 amide bonds. The number of hydrogen-bond acceptors (Lipinski definition) is 6. The Kier molecular flexibility index (Phi) is 3.65. The molecule has 0 aliphatic heterocycles. The van der Waals surface area contributed by atoms with E-state index in [0.717, 1.165) is 5.69 Å². The van der Waals surface area contributed by atoms with E-state index in [4.69, 9.17) is 0 Å². The lowest BCUT2D eigenvalue weighted by Gasteiger charge is -2.06. The van der Waals surface area contributed by atoms with Crippen LogP contribution < -0.4 is 5.32 Å². The molecule has 0 spiro atoms. The molecular weight excluding hydrogens is 246 g/mol. The number of pyridine rings is 1. The number of aromatic nitrogens is 3. The Morgan fingerprint density at radius 2 is 2.21 bits per heavy atom. The summed E-state index contributed by atoms with van der Waals surface area (Å²) >= 11 is 0. The van der Waals surface area contributed by atoms with Crippen molar-refractivity contribution in [3.05, 3.63) is 40.3 Å². The van der Waals surface area contributed by atoms with Crippen molar-refractivity contribution in [2.24, 2.45) is 0 Å². The Balaban J connectivity index is 2.57. The lowest BCUT2D eigenvalue weighted by atomic mass is 10.1. The zero-order chi connectivity index (χ0) is 13.8. The van der Waals surface area contributed by atoms with Gasteiger partial charge in [-0.25, -0.2) is 9.97 Å². The van der Waals surface area contributed by atoms with E-state index in [0.29, 0.717) is 23.8 Å². The first-order chi connectivity index (χ1) is 9.11. The van der Waals surface area contributed by atoms with Crippen LogP contribution in [-0.4, -0.2) is 26.4 Å². The van der Waals surface area contributed by atoms with E-state index < -0.39 is 4.92 Å². The van der Waals surface area contributed by atoms with Crippen LogP contribution in [0.4, 0.5) is 11.6 Å². The van der Waals surface area contributed by atoms with Crippen molar-refractivity contribution in [1.29, 1.82) is 0 Å². The zero-order valence-electron chi connectivity index (χ0n) is 10.6. The van der Waals surface area contributed by atoms with Gasteiger partial charge in [0.15, 0.2) is 5.69 Å². The molecule has 0 saturated heterocycles. The molecular formula is C12H13N5O2. The van der Waals surface area contributed by atoms with Crippen molar-refractivity contribution >= 4 is 11.6 Å². The largest absolute Gasteiger partial charge is 0.354 e. The molecule has 0 saturated carbocycles. The molecule has 2 rings (SSSR count). The lowest BCUT2D eigenvalue weighted by molar-refractivity contribution is -0.384. The second-order valence-electron chi connectivity index (χ2n) is 3.90. The van der Waals surface area contributed by atoms with Gasteiger partial charge in [-0.3, -0.25) is 15.1 Å². The van der Waals surface area contributed by atoms with Crippen molar-refractivity contribution in [3.8, 4) is 11.3 Å². The Bertz CT molecular complexity index is 615. The SMILES string of the molecule is CCNc1ncc([N+](=O)[O-])c(-c2ccnc(C)c2)n1. The molecule has 0 aromatic carbocycles. The van der Waals surface area contributed by atoms with Crippen LogP contribution in [0.3, 0.4) is 0 Å². The van der Waals surface area contributed by atoms with E-state index >= 15 is 0 Å². The highest BCUT2D eigenvalue weighted by molar-refractivity contribution is 5.69. The summed E-state index contributed by atoms with van der Waals surface area (Å²) in [6.45, 7) is 4.37. The smallest absolute Gasteiger partial charge is 0.313 e. The molecule has 2 aromatic heterocycles. The van der Waals surface area contributed by atoms with E-state index in [1.165, 1.54) is 6.20 Å². The summed E-state index contributed by atoms with van der Waals surface area (Å²) in [5.41, 5.74) is 1.60. The van der Waals surface area contributed by atoms with Crippen molar-refractivity contribution in [3.63, 3.8) is 0 Å². The number of nitro groups is 1. The molecule has 7 nitrogen and oxygen atoms in total. The Labute approximate surface area is 109 Å². The van der Waals surface area contributed by atoms with Crippen molar-refractivity contribution < 1.29 is 4.92 Å². The fourth-order valence-electron chi connectivity index (χ4n) is 1.66. The molecule has 0 aliphatic carbocycles. The average molecular weight is 259 g/mol. The maximum atomic E-state index is 11.0. The summed E-state index contributed by atoms with van der Waals surface area (Å²) in [6.07, 6.45) is 2.82. The minimum Gasteiger partial charge on any atom is -0.354 e. The van der Waals surface area contributed by atoms with Gasteiger partial charge in [0.05, 0.1) is 4.92 Å². The third kappa shape index (κ3) is 2.82. The maximum absolute atomic E-state index is 11.0. The van der Waals surface area contributed by atoms with Crippen molar-refractivity contribution in [1.82, 2.24) is 15.0 Å². The highest BCUT2D eigenvalue weighted by Crippen LogP contribution is 2.27. The highest BCUT2D eigenvalue weighted by atomic mass is 16.6. The van der Waals surface area contributed by atoms with Gasteiger partial charge in [0.25, 0.3) is 0 Å². The van der Waals surface area contributed by atoms with Crippen LogP contribution in [0.25, 0.3) is 11.3 Å². The normalized spacial score (nSPS) is 10.2. The predicted molar refractivity (Wildman–Crippen MR) is 70.8 cm³/mol. The van der Waals surface area contributed by atoms with Gasteiger partial charge in [0.1, 0.15) is 6.20 Å². The number of anilines is 1. The predicted octanol–water partition coefficient (Wildman–Crippen LogP) is 2.19. The van der Waals surface area contributed by atoms with Gasteiger partial charge >= 0.3 is 5.69 Å². The lowest BCUT2D eigenvalue weighted by Crippen LogP contribution is -2.05. The molecule has 0 unspecified atom stereocenters. The van der Waals surface area contributed by atoms with Crippen LogP contribution >= 0.6 is 0 Å². The van der Waals surface area contributed by atoms with Gasteiger partial charge in [-0.05, 0) is 26.0 Å². The molecule has 1 N–H and O–H groups in total. The van der Waals surface area contributed by atoms with Crippen LogP contribution in [0.15, 0.2) is 24.5 Å². The second kappa shape index (κ2) is 5.38. The fourth-order valence-corrected chi connectivity index (χ4v) is 1.66. The summed E-state index contributed by atoms with van der Waals surface area (Å²) < 4.78 is 0. The monoisotopic (exact) mass is 259 g/mol. The van der Waals surface area contributed by atoms with E-state index in [-0.39, 0.29) is 5.69 Å². The summed E-state index contributed by atoms with van der Waals surface area (Å²) in [7, 11) is 0. The van der Waals surface area contributed by atoms with E-state index in [1.807, 2.05) is 13.8 Å². The molecule has 7 heteroatoms. The van der Waals surface area contributed by atoms with Gasteiger partial charge in [-0.15, -0.1) is 0 Å². The van der Waals surface area contributed by atoms with E-state index in [2.05, 4.69) is 20.3 Å². The Hall–Kier alpha value is -2.57.